The SMILES string of the molecule is Cc1c(N)nc(=O)n(C)c1C. The van der Waals surface area contributed by atoms with Crippen molar-refractivity contribution in [2.45, 2.75) is 13.8 Å². The summed E-state index contributed by atoms with van der Waals surface area (Å²) >= 11 is 0. The molecule has 0 saturated carbocycles. The minimum atomic E-state index is -0.300. The summed E-state index contributed by atoms with van der Waals surface area (Å²) in [7, 11) is 1.68. The van der Waals surface area contributed by atoms with Crippen molar-refractivity contribution in [1.82, 2.24) is 9.55 Å². The number of aromatic nitrogens is 2. The van der Waals surface area contributed by atoms with E-state index in [1.807, 2.05) is 13.8 Å². The van der Waals surface area contributed by atoms with Gasteiger partial charge in [-0.25, -0.2) is 4.79 Å². The lowest BCUT2D eigenvalue weighted by Crippen LogP contribution is -2.24. The Balaban J connectivity index is 3.59. The Morgan fingerprint density at radius 3 is 2.55 bits per heavy atom. The first-order chi connectivity index (χ1) is 5.04. The highest BCUT2D eigenvalue weighted by Crippen LogP contribution is 2.07. The van der Waals surface area contributed by atoms with Gasteiger partial charge in [0.25, 0.3) is 0 Å². The van der Waals surface area contributed by atoms with Crippen LogP contribution < -0.4 is 11.4 Å². The quantitative estimate of drug-likeness (QED) is 0.569. The van der Waals surface area contributed by atoms with Gasteiger partial charge in [0.05, 0.1) is 0 Å². The van der Waals surface area contributed by atoms with Crippen molar-refractivity contribution in [3.8, 4) is 0 Å². The monoisotopic (exact) mass is 153 g/mol. The summed E-state index contributed by atoms with van der Waals surface area (Å²) < 4.78 is 1.48. The summed E-state index contributed by atoms with van der Waals surface area (Å²) in [5.74, 6) is 0.325. The number of nitrogens with two attached hydrogens (primary N) is 1. The molecule has 0 spiro atoms. The molecular formula is C7H11N3O. The van der Waals surface area contributed by atoms with E-state index in [0.717, 1.165) is 11.3 Å². The Kier molecular flexibility index (Phi) is 1.68. The van der Waals surface area contributed by atoms with Gasteiger partial charge in [-0.15, -0.1) is 0 Å². The van der Waals surface area contributed by atoms with E-state index in [0.29, 0.717) is 5.82 Å². The maximum atomic E-state index is 11.0. The van der Waals surface area contributed by atoms with Crippen LogP contribution in [0.2, 0.25) is 0 Å². The van der Waals surface area contributed by atoms with Gasteiger partial charge in [-0.05, 0) is 13.8 Å². The summed E-state index contributed by atoms with van der Waals surface area (Å²) in [6, 6.07) is 0. The highest BCUT2D eigenvalue weighted by Gasteiger charge is 2.03. The Hall–Kier alpha value is -1.32. The van der Waals surface area contributed by atoms with Crippen molar-refractivity contribution < 1.29 is 0 Å². The second-order valence-corrected chi connectivity index (χ2v) is 2.55. The van der Waals surface area contributed by atoms with Crippen LogP contribution in [0.5, 0.6) is 0 Å². The van der Waals surface area contributed by atoms with Gasteiger partial charge in [0.15, 0.2) is 0 Å². The van der Waals surface area contributed by atoms with Gasteiger partial charge in [-0.3, -0.25) is 4.57 Å². The first-order valence-corrected chi connectivity index (χ1v) is 3.33. The second kappa shape index (κ2) is 2.38. The van der Waals surface area contributed by atoms with Crippen LogP contribution >= 0.6 is 0 Å². The minimum absolute atomic E-state index is 0.300. The first kappa shape index (κ1) is 7.78. The fourth-order valence-corrected chi connectivity index (χ4v) is 0.842. The molecule has 0 bridgehead atoms. The lowest BCUT2D eigenvalue weighted by Gasteiger charge is -2.06. The van der Waals surface area contributed by atoms with Crippen LogP contribution in [-0.4, -0.2) is 9.55 Å². The molecule has 0 amide bonds. The van der Waals surface area contributed by atoms with Crippen molar-refractivity contribution in [2.75, 3.05) is 5.73 Å². The Bertz CT molecular complexity index is 340. The first-order valence-electron chi connectivity index (χ1n) is 3.33. The average molecular weight is 153 g/mol. The van der Waals surface area contributed by atoms with Crippen LogP contribution in [0.15, 0.2) is 4.79 Å². The topological polar surface area (TPSA) is 60.9 Å². The molecule has 0 aliphatic carbocycles. The largest absolute Gasteiger partial charge is 0.383 e. The van der Waals surface area contributed by atoms with Crippen LogP contribution in [0.3, 0.4) is 0 Å². The smallest absolute Gasteiger partial charge is 0.349 e. The zero-order valence-electron chi connectivity index (χ0n) is 6.88. The molecule has 0 atom stereocenters. The number of hydrogen-bond acceptors (Lipinski definition) is 3. The molecule has 0 fully saturated rings. The Morgan fingerprint density at radius 1 is 1.45 bits per heavy atom. The number of rotatable bonds is 0. The zero-order valence-corrected chi connectivity index (χ0v) is 6.88. The van der Waals surface area contributed by atoms with E-state index in [1.54, 1.807) is 7.05 Å². The molecule has 0 aliphatic rings. The van der Waals surface area contributed by atoms with E-state index in [2.05, 4.69) is 4.98 Å². The van der Waals surface area contributed by atoms with Gasteiger partial charge in [0, 0.05) is 18.3 Å². The number of hydrogen-bond donors (Lipinski definition) is 1. The molecule has 60 valence electrons. The molecule has 0 aliphatic heterocycles. The van der Waals surface area contributed by atoms with Gasteiger partial charge in [-0.2, -0.15) is 4.98 Å². The standard InChI is InChI=1S/C7H11N3O/c1-4-5(2)10(3)7(11)9-6(4)8/h1-3H3,(H2,8,9,11). The predicted octanol–water partition coefficient (Wildman–Crippen LogP) is -0.0207. The lowest BCUT2D eigenvalue weighted by atomic mass is 10.2. The van der Waals surface area contributed by atoms with Gasteiger partial charge in [0.2, 0.25) is 0 Å². The Morgan fingerprint density at radius 2 is 2.00 bits per heavy atom. The molecular weight excluding hydrogens is 142 g/mol. The highest BCUT2D eigenvalue weighted by molar-refractivity contribution is 5.39. The minimum Gasteiger partial charge on any atom is -0.383 e. The van der Waals surface area contributed by atoms with E-state index in [9.17, 15) is 4.79 Å². The molecule has 11 heavy (non-hydrogen) atoms. The third kappa shape index (κ3) is 1.11. The van der Waals surface area contributed by atoms with Gasteiger partial charge >= 0.3 is 5.69 Å². The molecule has 4 nitrogen and oxygen atoms in total. The molecule has 2 N–H and O–H groups in total. The maximum Gasteiger partial charge on any atom is 0.349 e. The van der Waals surface area contributed by atoms with Crippen LogP contribution in [0.4, 0.5) is 5.82 Å². The fourth-order valence-electron chi connectivity index (χ4n) is 0.842. The van der Waals surface area contributed by atoms with E-state index in [4.69, 9.17) is 5.73 Å². The summed E-state index contributed by atoms with van der Waals surface area (Å²) in [6.45, 7) is 3.69. The van der Waals surface area contributed by atoms with Crippen molar-refractivity contribution in [1.29, 1.82) is 0 Å². The summed E-state index contributed by atoms with van der Waals surface area (Å²) in [6.07, 6.45) is 0. The zero-order chi connectivity index (χ0) is 8.59. The van der Waals surface area contributed by atoms with Crippen molar-refractivity contribution in [2.24, 2.45) is 7.05 Å². The molecule has 1 rings (SSSR count). The van der Waals surface area contributed by atoms with E-state index in [1.165, 1.54) is 4.57 Å². The van der Waals surface area contributed by atoms with Crippen molar-refractivity contribution >= 4 is 5.82 Å². The second-order valence-electron chi connectivity index (χ2n) is 2.55. The molecule has 0 saturated heterocycles. The molecule has 0 aromatic carbocycles. The van der Waals surface area contributed by atoms with Crippen LogP contribution in [0.1, 0.15) is 11.3 Å². The average Bonchev–Trinajstić information content (AvgIpc) is 1.97. The fraction of sp³-hybridized carbons (Fsp3) is 0.429. The molecule has 4 heteroatoms. The lowest BCUT2D eigenvalue weighted by molar-refractivity contribution is 0.769. The maximum absolute atomic E-state index is 11.0. The molecule has 1 aromatic heterocycles. The van der Waals surface area contributed by atoms with E-state index < -0.39 is 0 Å². The van der Waals surface area contributed by atoms with Crippen molar-refractivity contribution in [3.63, 3.8) is 0 Å². The summed E-state index contributed by atoms with van der Waals surface area (Å²) in [5.41, 5.74) is 6.90. The van der Waals surface area contributed by atoms with Crippen molar-refractivity contribution in [3.05, 3.63) is 21.7 Å². The van der Waals surface area contributed by atoms with Gasteiger partial charge in [-0.1, -0.05) is 0 Å². The molecule has 0 unspecified atom stereocenters. The third-order valence-corrected chi connectivity index (χ3v) is 1.93. The van der Waals surface area contributed by atoms with Crippen LogP contribution in [0, 0.1) is 13.8 Å². The number of nitrogens with zero attached hydrogens (tertiary/aromatic N) is 2. The van der Waals surface area contributed by atoms with Crippen LogP contribution in [0.25, 0.3) is 0 Å². The van der Waals surface area contributed by atoms with Crippen LogP contribution in [-0.2, 0) is 7.05 Å². The summed E-state index contributed by atoms with van der Waals surface area (Å²) in [5, 5.41) is 0. The highest BCUT2D eigenvalue weighted by atomic mass is 16.1. The predicted molar refractivity (Wildman–Crippen MR) is 43.4 cm³/mol. The third-order valence-electron chi connectivity index (χ3n) is 1.93. The number of nitrogen functional groups attached to an aromatic ring is 1. The number of anilines is 1. The van der Waals surface area contributed by atoms with E-state index >= 15 is 0 Å². The Labute approximate surface area is 64.7 Å². The molecule has 0 radical (unpaired) electrons. The molecule has 1 aromatic rings. The summed E-state index contributed by atoms with van der Waals surface area (Å²) in [4.78, 5) is 14.6. The normalized spacial score (nSPS) is 10.1. The molecule has 1 heterocycles. The van der Waals surface area contributed by atoms with Gasteiger partial charge < -0.3 is 5.73 Å². The van der Waals surface area contributed by atoms with Gasteiger partial charge in [0.1, 0.15) is 5.82 Å². The van der Waals surface area contributed by atoms with E-state index in [-0.39, 0.29) is 5.69 Å².